The van der Waals surface area contributed by atoms with Crippen LogP contribution in [0.25, 0.3) is 0 Å². The summed E-state index contributed by atoms with van der Waals surface area (Å²) in [7, 11) is 3.16. The minimum Gasteiger partial charge on any atom is -0.491 e. The second kappa shape index (κ2) is 13.0. The molecule has 3 atom stereocenters. The number of benzene rings is 1. The van der Waals surface area contributed by atoms with Crippen LogP contribution in [-0.4, -0.2) is 87.0 Å². The zero-order chi connectivity index (χ0) is 26.2. The quantitative estimate of drug-likeness (QED) is 0.615. The fourth-order valence-electron chi connectivity index (χ4n) is 3.93. The van der Waals surface area contributed by atoms with Gasteiger partial charge in [-0.3, -0.25) is 9.69 Å². The van der Waals surface area contributed by atoms with Crippen LogP contribution >= 0.6 is 0 Å². The van der Waals surface area contributed by atoms with Crippen LogP contribution in [0.2, 0.25) is 0 Å². The number of urea groups is 1. The van der Waals surface area contributed by atoms with Gasteiger partial charge in [-0.15, -0.1) is 0 Å². The van der Waals surface area contributed by atoms with Crippen LogP contribution in [0.5, 0.6) is 5.75 Å². The normalized spacial score (nSPS) is 22.5. The van der Waals surface area contributed by atoms with Crippen molar-refractivity contribution in [3.05, 3.63) is 23.8 Å². The van der Waals surface area contributed by atoms with Crippen LogP contribution in [0.3, 0.4) is 0 Å². The largest absolute Gasteiger partial charge is 0.491 e. The van der Waals surface area contributed by atoms with Gasteiger partial charge < -0.3 is 25.0 Å². The van der Waals surface area contributed by atoms with Crippen LogP contribution in [0.4, 0.5) is 23.7 Å². The maximum Gasteiger partial charge on any atom is 0.390 e. The van der Waals surface area contributed by atoms with Gasteiger partial charge in [0.25, 0.3) is 5.91 Å². The Hall–Kier alpha value is -2.53. The Morgan fingerprint density at radius 1 is 1.26 bits per heavy atom. The first-order valence-electron chi connectivity index (χ1n) is 11.9. The van der Waals surface area contributed by atoms with Gasteiger partial charge in [-0.1, -0.05) is 13.8 Å². The molecule has 0 radical (unpaired) electrons. The molecule has 1 heterocycles. The van der Waals surface area contributed by atoms with Crippen molar-refractivity contribution in [3.8, 4) is 5.75 Å². The van der Waals surface area contributed by atoms with Crippen molar-refractivity contribution in [1.29, 1.82) is 0 Å². The number of carbonyl (C=O) groups excluding carboxylic acids is 2. The van der Waals surface area contributed by atoms with E-state index in [4.69, 9.17) is 9.47 Å². The number of ether oxygens (including phenoxy) is 2. The Bertz CT molecular complexity index is 853. The highest BCUT2D eigenvalue weighted by Crippen LogP contribution is 2.27. The van der Waals surface area contributed by atoms with Crippen molar-refractivity contribution in [2.24, 2.45) is 5.92 Å². The summed E-state index contributed by atoms with van der Waals surface area (Å²) in [6.45, 7) is 6.70. The van der Waals surface area contributed by atoms with Crippen molar-refractivity contribution >= 4 is 17.6 Å². The standard InChI is InChI=1S/C24H37F3N4O4/c1-6-10-28-23(33)29-18-7-8-20-19(12-18)22(32)30(4)14-21(34-5)16(2)13-31(17(3)15-35-20)11-9-24(25,26)27/h7-8,12,16-17,21H,6,9-11,13-15H2,1-5H3,(H2,28,29,33)/t16-,17+,21-/m0/s1. The van der Waals surface area contributed by atoms with E-state index in [1.165, 1.54) is 12.0 Å². The Balaban J connectivity index is 2.35. The zero-order valence-electron chi connectivity index (χ0n) is 21.1. The van der Waals surface area contributed by atoms with Crippen molar-refractivity contribution < 1.29 is 32.2 Å². The molecule has 2 N–H and O–H groups in total. The number of amides is 3. The molecular formula is C24H37F3N4O4. The summed E-state index contributed by atoms with van der Waals surface area (Å²) in [5, 5.41) is 5.42. The van der Waals surface area contributed by atoms with E-state index in [1.807, 2.05) is 13.8 Å². The third-order valence-corrected chi connectivity index (χ3v) is 6.05. The SMILES string of the molecule is CCCNC(=O)Nc1ccc2c(c1)C(=O)N(C)C[C@H](OC)[C@@H](C)CN(CCC(F)(F)F)[C@H](C)CO2. The number of anilines is 1. The fraction of sp³-hybridized carbons (Fsp3) is 0.667. The summed E-state index contributed by atoms with van der Waals surface area (Å²) >= 11 is 0. The molecule has 0 aliphatic carbocycles. The molecule has 0 fully saturated rings. The average molecular weight is 503 g/mol. The van der Waals surface area contributed by atoms with Crippen molar-refractivity contribution in [3.63, 3.8) is 0 Å². The van der Waals surface area contributed by atoms with Gasteiger partial charge in [0.2, 0.25) is 0 Å². The number of carbonyl (C=O) groups is 2. The number of methoxy groups -OCH3 is 1. The molecule has 3 amide bonds. The van der Waals surface area contributed by atoms with Gasteiger partial charge in [-0.05, 0) is 37.5 Å². The summed E-state index contributed by atoms with van der Waals surface area (Å²) in [4.78, 5) is 28.6. The number of hydrogen-bond acceptors (Lipinski definition) is 5. The molecule has 1 aromatic rings. The van der Waals surface area contributed by atoms with E-state index in [1.54, 1.807) is 37.1 Å². The number of halogens is 3. The summed E-state index contributed by atoms with van der Waals surface area (Å²) in [6.07, 6.45) is -4.78. The lowest BCUT2D eigenvalue weighted by Gasteiger charge is -2.36. The number of likely N-dealkylation sites (N-methyl/N-ethyl adjacent to an activating group) is 1. The second-order valence-electron chi connectivity index (χ2n) is 9.05. The zero-order valence-corrected chi connectivity index (χ0v) is 21.1. The van der Waals surface area contributed by atoms with Gasteiger partial charge in [0, 0.05) is 52.1 Å². The van der Waals surface area contributed by atoms with Gasteiger partial charge in [-0.2, -0.15) is 13.2 Å². The van der Waals surface area contributed by atoms with E-state index in [2.05, 4.69) is 10.6 Å². The van der Waals surface area contributed by atoms with Crippen LogP contribution < -0.4 is 15.4 Å². The Kier molecular flexibility index (Phi) is 10.6. The molecule has 0 spiro atoms. The number of fused-ring (bicyclic) bond motifs is 1. The van der Waals surface area contributed by atoms with Gasteiger partial charge >= 0.3 is 12.2 Å². The first-order chi connectivity index (χ1) is 16.4. The van der Waals surface area contributed by atoms with Crippen LogP contribution in [0.1, 0.15) is 44.0 Å². The Labute approximate surface area is 205 Å². The lowest BCUT2D eigenvalue weighted by molar-refractivity contribution is -0.140. The van der Waals surface area contributed by atoms with E-state index >= 15 is 0 Å². The van der Waals surface area contributed by atoms with Crippen molar-refractivity contribution in [1.82, 2.24) is 15.1 Å². The first-order valence-corrected chi connectivity index (χ1v) is 11.9. The number of nitrogens with one attached hydrogen (secondary N) is 2. The highest BCUT2D eigenvalue weighted by molar-refractivity contribution is 5.99. The van der Waals surface area contributed by atoms with Gasteiger partial charge in [0.15, 0.2) is 0 Å². The predicted molar refractivity (Wildman–Crippen MR) is 128 cm³/mol. The van der Waals surface area contributed by atoms with Gasteiger partial charge in [0.05, 0.1) is 18.1 Å². The van der Waals surface area contributed by atoms with Crippen molar-refractivity contribution in [2.75, 3.05) is 52.3 Å². The molecule has 1 aliphatic rings. The van der Waals surface area contributed by atoms with E-state index in [9.17, 15) is 22.8 Å². The monoisotopic (exact) mass is 502 g/mol. The van der Waals surface area contributed by atoms with Crippen molar-refractivity contribution in [2.45, 2.75) is 51.9 Å². The van der Waals surface area contributed by atoms with Crippen LogP contribution in [-0.2, 0) is 4.74 Å². The molecule has 0 saturated carbocycles. The summed E-state index contributed by atoms with van der Waals surface area (Å²) in [6, 6.07) is 4.03. The van der Waals surface area contributed by atoms with Crippen LogP contribution in [0.15, 0.2) is 18.2 Å². The Morgan fingerprint density at radius 3 is 2.60 bits per heavy atom. The van der Waals surface area contributed by atoms with E-state index in [0.29, 0.717) is 24.5 Å². The minimum absolute atomic E-state index is 0.0932. The summed E-state index contributed by atoms with van der Waals surface area (Å²) in [5.74, 6) is -0.152. The lowest BCUT2D eigenvalue weighted by Crippen LogP contribution is -2.47. The third kappa shape index (κ3) is 8.88. The molecule has 11 heteroatoms. The average Bonchev–Trinajstić information content (AvgIpc) is 2.80. The molecular weight excluding hydrogens is 465 g/mol. The first kappa shape index (κ1) is 28.7. The highest BCUT2D eigenvalue weighted by atomic mass is 19.4. The molecule has 0 saturated heterocycles. The molecule has 2 rings (SSSR count). The molecule has 1 aliphatic heterocycles. The number of hydrogen-bond donors (Lipinski definition) is 2. The molecule has 8 nitrogen and oxygen atoms in total. The molecule has 0 aromatic heterocycles. The molecule has 35 heavy (non-hydrogen) atoms. The summed E-state index contributed by atoms with van der Waals surface area (Å²) in [5.41, 5.74) is 0.671. The number of rotatable bonds is 6. The predicted octanol–water partition coefficient (Wildman–Crippen LogP) is 3.98. The summed E-state index contributed by atoms with van der Waals surface area (Å²) < 4.78 is 50.4. The van der Waals surface area contributed by atoms with Gasteiger partial charge in [-0.25, -0.2) is 4.79 Å². The third-order valence-electron chi connectivity index (χ3n) is 6.05. The molecule has 198 valence electrons. The minimum atomic E-state index is -4.26. The second-order valence-corrected chi connectivity index (χ2v) is 9.05. The van der Waals surface area contributed by atoms with E-state index < -0.39 is 12.6 Å². The number of nitrogens with zero attached hydrogens (tertiary/aromatic N) is 2. The molecule has 0 unspecified atom stereocenters. The van der Waals surface area contributed by atoms with Gasteiger partial charge in [0.1, 0.15) is 12.4 Å². The Morgan fingerprint density at radius 2 is 1.97 bits per heavy atom. The van der Waals surface area contributed by atoms with E-state index in [0.717, 1.165) is 6.42 Å². The number of alkyl halides is 3. The maximum absolute atomic E-state index is 13.3. The van der Waals surface area contributed by atoms with Crippen LogP contribution in [0, 0.1) is 5.92 Å². The highest BCUT2D eigenvalue weighted by Gasteiger charge is 2.32. The fourth-order valence-corrected chi connectivity index (χ4v) is 3.93. The molecule has 1 aromatic carbocycles. The molecule has 0 bridgehead atoms. The maximum atomic E-state index is 13.3. The lowest BCUT2D eigenvalue weighted by atomic mass is 10.0. The van der Waals surface area contributed by atoms with E-state index in [-0.39, 0.29) is 55.3 Å². The smallest absolute Gasteiger partial charge is 0.390 e. The topological polar surface area (TPSA) is 83.1 Å².